The summed E-state index contributed by atoms with van der Waals surface area (Å²) in [5.41, 5.74) is 2.17. The number of Topliss-reactive ketones (excluding diaryl/α,β-unsaturated/α-hetero) is 1. The molecule has 3 aromatic rings. The number of H-pyrrole nitrogens is 1. The fourth-order valence-corrected chi connectivity index (χ4v) is 2.65. The number of halogens is 2. The van der Waals surface area contributed by atoms with Crippen molar-refractivity contribution in [3.63, 3.8) is 0 Å². The second-order valence-electron chi connectivity index (χ2n) is 4.44. The van der Waals surface area contributed by atoms with Crippen LogP contribution in [0.15, 0.2) is 47.2 Å². The fourth-order valence-electron chi connectivity index (χ4n) is 2.12. The van der Waals surface area contributed by atoms with E-state index in [9.17, 15) is 4.79 Å². The van der Waals surface area contributed by atoms with Gasteiger partial charge in [-0.15, -0.1) is 0 Å². The first kappa shape index (κ1) is 13.3. The van der Waals surface area contributed by atoms with Gasteiger partial charge in [0.15, 0.2) is 5.78 Å². The van der Waals surface area contributed by atoms with Crippen LogP contribution in [0.3, 0.4) is 0 Å². The number of carbonyl (C=O) groups excluding carboxylic acids is 1. The first-order valence-electron chi connectivity index (χ1n) is 6.04. The third-order valence-electron chi connectivity index (χ3n) is 3.11. The van der Waals surface area contributed by atoms with Gasteiger partial charge >= 0.3 is 0 Å². The average Bonchev–Trinajstić information content (AvgIpc) is 2.84. The average molecular weight is 350 g/mol. The van der Waals surface area contributed by atoms with Crippen LogP contribution < -0.4 is 0 Å². The quantitative estimate of drug-likeness (QED) is 0.712. The first-order valence-corrected chi connectivity index (χ1v) is 7.21. The second-order valence-corrected chi connectivity index (χ2v) is 5.77. The Morgan fingerprint density at radius 2 is 2.15 bits per heavy atom. The summed E-state index contributed by atoms with van der Waals surface area (Å²) < 4.78 is 0.844. The Balaban J connectivity index is 1.97. The van der Waals surface area contributed by atoms with Crippen LogP contribution in [-0.4, -0.2) is 15.8 Å². The maximum Gasteiger partial charge on any atom is 0.169 e. The smallest absolute Gasteiger partial charge is 0.169 e. The van der Waals surface area contributed by atoms with E-state index in [1.54, 1.807) is 18.5 Å². The molecule has 3 rings (SSSR count). The topological polar surface area (TPSA) is 45.8 Å². The van der Waals surface area contributed by atoms with Crippen molar-refractivity contribution in [1.29, 1.82) is 0 Å². The molecule has 20 heavy (non-hydrogen) atoms. The monoisotopic (exact) mass is 348 g/mol. The number of pyridine rings is 1. The summed E-state index contributed by atoms with van der Waals surface area (Å²) >= 11 is 9.46. The van der Waals surface area contributed by atoms with E-state index in [1.807, 2.05) is 24.3 Å². The van der Waals surface area contributed by atoms with Crippen molar-refractivity contribution in [3.05, 3.63) is 63.3 Å². The van der Waals surface area contributed by atoms with Gasteiger partial charge in [0, 0.05) is 39.3 Å². The number of fused-ring (bicyclic) bond motifs is 1. The predicted octanol–water partition coefficient (Wildman–Crippen LogP) is 4.40. The number of aromatic amines is 1. The molecule has 0 aliphatic rings. The highest BCUT2D eigenvalue weighted by Crippen LogP contribution is 2.23. The molecule has 0 aliphatic carbocycles. The second kappa shape index (κ2) is 5.38. The molecule has 0 saturated heterocycles. The number of ketones is 1. The lowest BCUT2D eigenvalue weighted by molar-refractivity contribution is 0.0994. The molecule has 0 amide bonds. The Labute approximate surface area is 129 Å². The van der Waals surface area contributed by atoms with E-state index in [1.165, 1.54) is 0 Å². The molecule has 0 saturated carbocycles. The predicted molar refractivity (Wildman–Crippen MR) is 83.3 cm³/mol. The molecule has 0 aliphatic heterocycles. The highest BCUT2D eigenvalue weighted by molar-refractivity contribution is 9.10. The van der Waals surface area contributed by atoms with Crippen LogP contribution >= 0.6 is 27.5 Å². The van der Waals surface area contributed by atoms with Crippen LogP contribution in [0.5, 0.6) is 0 Å². The lowest BCUT2D eigenvalue weighted by atomic mass is 10.0. The van der Waals surface area contributed by atoms with E-state index in [-0.39, 0.29) is 12.2 Å². The van der Waals surface area contributed by atoms with Crippen LogP contribution in [0.25, 0.3) is 11.0 Å². The van der Waals surface area contributed by atoms with Gasteiger partial charge in [0.05, 0.1) is 0 Å². The lowest BCUT2D eigenvalue weighted by Gasteiger charge is -2.03. The molecule has 0 unspecified atom stereocenters. The molecular formula is C15H10BrClN2O. The number of hydrogen-bond acceptors (Lipinski definition) is 2. The maximum absolute atomic E-state index is 12.4. The summed E-state index contributed by atoms with van der Waals surface area (Å²) in [7, 11) is 0. The third-order valence-corrected chi connectivity index (χ3v) is 3.91. The number of hydrogen-bond donors (Lipinski definition) is 1. The molecule has 0 atom stereocenters. The number of benzene rings is 1. The number of rotatable bonds is 3. The highest BCUT2D eigenvalue weighted by atomic mass is 79.9. The highest BCUT2D eigenvalue weighted by Gasteiger charge is 2.14. The van der Waals surface area contributed by atoms with Gasteiger partial charge in [0.1, 0.15) is 5.65 Å². The van der Waals surface area contributed by atoms with Crippen LogP contribution in [0.1, 0.15) is 15.9 Å². The number of carbonyl (C=O) groups is 1. The van der Waals surface area contributed by atoms with Crippen molar-refractivity contribution in [2.75, 3.05) is 0 Å². The van der Waals surface area contributed by atoms with Crippen molar-refractivity contribution in [3.8, 4) is 0 Å². The first-order chi connectivity index (χ1) is 9.65. The largest absolute Gasteiger partial charge is 0.345 e. The number of aromatic nitrogens is 2. The van der Waals surface area contributed by atoms with Gasteiger partial charge in [0.2, 0.25) is 0 Å². The maximum atomic E-state index is 12.4. The van der Waals surface area contributed by atoms with Gasteiger partial charge < -0.3 is 4.98 Å². The third kappa shape index (κ3) is 2.49. The van der Waals surface area contributed by atoms with Gasteiger partial charge in [-0.25, -0.2) is 4.98 Å². The van der Waals surface area contributed by atoms with E-state index in [0.717, 1.165) is 15.4 Å². The number of nitrogens with one attached hydrogen (secondary N) is 1. The van der Waals surface area contributed by atoms with E-state index in [0.29, 0.717) is 16.2 Å². The SMILES string of the molecule is O=C(Cc1ccccc1Cl)c1c[nH]c2ncc(Br)cc12. The van der Waals surface area contributed by atoms with Gasteiger partial charge in [-0.2, -0.15) is 0 Å². The minimum absolute atomic E-state index is 0.0178. The molecule has 1 aromatic carbocycles. The molecule has 0 spiro atoms. The normalized spacial score (nSPS) is 10.9. The Bertz CT molecular complexity index is 797. The molecule has 0 fully saturated rings. The van der Waals surface area contributed by atoms with Crippen molar-refractivity contribution >= 4 is 44.3 Å². The van der Waals surface area contributed by atoms with Crippen LogP contribution in [-0.2, 0) is 6.42 Å². The van der Waals surface area contributed by atoms with E-state index >= 15 is 0 Å². The van der Waals surface area contributed by atoms with Crippen molar-refractivity contribution < 1.29 is 4.79 Å². The summed E-state index contributed by atoms with van der Waals surface area (Å²) in [6, 6.07) is 9.27. The standard InChI is InChI=1S/C15H10BrClN2O/c16-10-6-11-12(8-19-15(11)18-7-10)14(20)5-9-3-1-2-4-13(9)17/h1-4,6-8H,5H2,(H,18,19). The zero-order valence-electron chi connectivity index (χ0n) is 10.4. The lowest BCUT2D eigenvalue weighted by Crippen LogP contribution is -2.03. The molecule has 2 heterocycles. The number of nitrogens with zero attached hydrogens (tertiary/aromatic N) is 1. The summed E-state index contributed by atoms with van der Waals surface area (Å²) in [6.45, 7) is 0. The van der Waals surface area contributed by atoms with E-state index in [2.05, 4.69) is 25.9 Å². The molecule has 1 N–H and O–H groups in total. The molecule has 3 nitrogen and oxygen atoms in total. The van der Waals surface area contributed by atoms with Crippen molar-refractivity contribution in [2.24, 2.45) is 0 Å². The fraction of sp³-hybridized carbons (Fsp3) is 0.0667. The Kier molecular flexibility index (Phi) is 3.59. The molecule has 5 heteroatoms. The van der Waals surface area contributed by atoms with Gasteiger partial charge in [0.25, 0.3) is 0 Å². The van der Waals surface area contributed by atoms with Crippen molar-refractivity contribution in [1.82, 2.24) is 9.97 Å². The van der Waals surface area contributed by atoms with Gasteiger partial charge in [-0.3, -0.25) is 4.79 Å². The minimum atomic E-state index is 0.0178. The Morgan fingerprint density at radius 1 is 1.35 bits per heavy atom. The Morgan fingerprint density at radius 3 is 2.95 bits per heavy atom. The zero-order chi connectivity index (χ0) is 14.1. The Hall–Kier alpha value is -1.65. The van der Waals surface area contributed by atoms with Crippen molar-refractivity contribution in [2.45, 2.75) is 6.42 Å². The summed E-state index contributed by atoms with van der Waals surface area (Å²) in [6.07, 6.45) is 3.67. The molecule has 0 radical (unpaired) electrons. The molecule has 0 bridgehead atoms. The zero-order valence-corrected chi connectivity index (χ0v) is 12.7. The van der Waals surface area contributed by atoms with Crippen LogP contribution in [0.2, 0.25) is 5.02 Å². The van der Waals surface area contributed by atoms with Gasteiger partial charge in [-0.05, 0) is 33.6 Å². The van der Waals surface area contributed by atoms with Crippen LogP contribution in [0, 0.1) is 0 Å². The van der Waals surface area contributed by atoms with E-state index < -0.39 is 0 Å². The minimum Gasteiger partial charge on any atom is -0.345 e. The molecular weight excluding hydrogens is 340 g/mol. The van der Waals surface area contributed by atoms with Crippen LogP contribution in [0.4, 0.5) is 0 Å². The summed E-state index contributed by atoms with van der Waals surface area (Å²) in [5.74, 6) is 0.0178. The summed E-state index contributed by atoms with van der Waals surface area (Å²) in [4.78, 5) is 19.7. The molecule has 2 aromatic heterocycles. The van der Waals surface area contributed by atoms with Gasteiger partial charge in [-0.1, -0.05) is 29.8 Å². The van der Waals surface area contributed by atoms with E-state index in [4.69, 9.17) is 11.6 Å². The summed E-state index contributed by atoms with van der Waals surface area (Å²) in [5, 5.41) is 1.43. The molecule has 100 valence electrons.